The van der Waals surface area contributed by atoms with E-state index in [9.17, 15) is 9.90 Å². The van der Waals surface area contributed by atoms with Crippen molar-refractivity contribution in [2.75, 3.05) is 37.7 Å². The molecule has 5 nitrogen and oxygen atoms in total. The molecule has 2 aliphatic rings. The molecule has 6 heteroatoms. The molecule has 2 atom stereocenters. The van der Waals surface area contributed by atoms with Crippen molar-refractivity contribution in [1.82, 2.24) is 0 Å². The van der Waals surface area contributed by atoms with Gasteiger partial charge < -0.3 is 18.7 Å². The van der Waals surface area contributed by atoms with Gasteiger partial charge in [0.05, 0.1) is 25.9 Å². The normalized spacial score (nSPS) is 27.4. The van der Waals surface area contributed by atoms with E-state index in [4.69, 9.17) is 9.15 Å². The third-order valence-corrected chi connectivity index (χ3v) is 5.55. The molecular formula is C15H22NO4S+. The number of carbonyl (C=O) groups excluding carboxylic acids is 1. The van der Waals surface area contributed by atoms with Crippen molar-refractivity contribution in [2.45, 2.75) is 25.0 Å². The minimum Gasteiger partial charge on any atom is -0.466 e. The lowest BCUT2D eigenvalue weighted by atomic mass is 10.0. The summed E-state index contributed by atoms with van der Waals surface area (Å²) in [5, 5.41) is 10.3. The molecule has 0 aliphatic carbocycles. The van der Waals surface area contributed by atoms with Gasteiger partial charge in [0.15, 0.2) is 6.10 Å². The SMILES string of the molecule is CC(O)(C(=O)OC1CC[N+]2(CCSCC2)C1)c1ccco1. The van der Waals surface area contributed by atoms with Crippen molar-refractivity contribution >= 4 is 17.7 Å². The lowest BCUT2D eigenvalue weighted by Crippen LogP contribution is -2.52. The summed E-state index contributed by atoms with van der Waals surface area (Å²) in [7, 11) is 0. The fourth-order valence-corrected chi connectivity index (χ4v) is 4.42. The van der Waals surface area contributed by atoms with Gasteiger partial charge in [-0.15, -0.1) is 0 Å². The third kappa shape index (κ3) is 2.98. The monoisotopic (exact) mass is 312 g/mol. The molecule has 0 bridgehead atoms. The average Bonchev–Trinajstić information content (AvgIpc) is 3.11. The van der Waals surface area contributed by atoms with Crippen molar-refractivity contribution in [1.29, 1.82) is 0 Å². The van der Waals surface area contributed by atoms with Gasteiger partial charge in [-0.1, -0.05) is 0 Å². The summed E-state index contributed by atoms with van der Waals surface area (Å²) in [5.41, 5.74) is -1.71. The Morgan fingerprint density at radius 2 is 2.24 bits per heavy atom. The number of hydrogen-bond acceptors (Lipinski definition) is 5. The van der Waals surface area contributed by atoms with E-state index >= 15 is 0 Å². The number of esters is 1. The van der Waals surface area contributed by atoms with Gasteiger partial charge in [-0.25, -0.2) is 4.79 Å². The Morgan fingerprint density at radius 3 is 2.90 bits per heavy atom. The molecule has 2 aliphatic heterocycles. The van der Waals surface area contributed by atoms with Gasteiger partial charge >= 0.3 is 5.97 Å². The Kier molecular flexibility index (Phi) is 4.03. The van der Waals surface area contributed by atoms with Crippen molar-refractivity contribution in [2.24, 2.45) is 0 Å². The molecule has 0 saturated carbocycles. The zero-order valence-electron chi connectivity index (χ0n) is 12.3. The number of thioether (sulfide) groups is 1. The maximum atomic E-state index is 12.2. The first-order chi connectivity index (χ1) is 10.0. The van der Waals surface area contributed by atoms with Crippen molar-refractivity contribution in [3.8, 4) is 0 Å². The highest BCUT2D eigenvalue weighted by molar-refractivity contribution is 7.99. The van der Waals surface area contributed by atoms with Crippen LogP contribution < -0.4 is 0 Å². The van der Waals surface area contributed by atoms with Gasteiger partial charge in [-0.05, 0) is 19.1 Å². The van der Waals surface area contributed by atoms with Crippen LogP contribution in [0.5, 0.6) is 0 Å². The van der Waals surface area contributed by atoms with Crippen LogP contribution in [0.1, 0.15) is 19.1 Å². The Bertz CT molecular complexity index is 494. The number of rotatable bonds is 3. The summed E-state index contributed by atoms with van der Waals surface area (Å²) >= 11 is 2.00. The van der Waals surface area contributed by atoms with Crippen LogP contribution in [0.15, 0.2) is 22.8 Å². The van der Waals surface area contributed by atoms with E-state index < -0.39 is 11.6 Å². The highest BCUT2D eigenvalue weighted by atomic mass is 32.2. The highest BCUT2D eigenvalue weighted by Crippen LogP contribution is 2.29. The molecule has 1 spiro atoms. The van der Waals surface area contributed by atoms with Crippen LogP contribution in [0.4, 0.5) is 0 Å². The van der Waals surface area contributed by atoms with E-state index in [1.807, 2.05) is 11.8 Å². The topological polar surface area (TPSA) is 59.7 Å². The number of nitrogens with zero attached hydrogens (tertiary/aromatic N) is 1. The van der Waals surface area contributed by atoms with Crippen molar-refractivity contribution in [3.63, 3.8) is 0 Å². The maximum absolute atomic E-state index is 12.2. The van der Waals surface area contributed by atoms with Gasteiger partial charge in [-0.3, -0.25) is 0 Å². The number of aliphatic hydroxyl groups is 1. The molecule has 3 rings (SSSR count). The molecule has 2 saturated heterocycles. The molecule has 1 aromatic rings. The summed E-state index contributed by atoms with van der Waals surface area (Å²) in [6, 6.07) is 3.24. The second kappa shape index (κ2) is 5.66. The van der Waals surface area contributed by atoms with Crippen LogP contribution in [0.3, 0.4) is 0 Å². The Labute approximate surface area is 128 Å². The molecule has 3 heterocycles. The highest BCUT2D eigenvalue weighted by Gasteiger charge is 2.44. The molecule has 1 aromatic heterocycles. The summed E-state index contributed by atoms with van der Waals surface area (Å²) < 4.78 is 11.8. The van der Waals surface area contributed by atoms with Gasteiger partial charge in [0.1, 0.15) is 12.3 Å². The second-order valence-electron chi connectivity index (χ2n) is 6.17. The molecule has 0 aromatic carbocycles. The van der Waals surface area contributed by atoms with Crippen LogP contribution in [-0.2, 0) is 15.1 Å². The summed E-state index contributed by atoms with van der Waals surface area (Å²) in [4.78, 5) is 12.2. The number of carbonyl (C=O) groups is 1. The van der Waals surface area contributed by atoms with E-state index in [0.717, 1.165) is 37.1 Å². The number of hydrogen-bond donors (Lipinski definition) is 1. The van der Waals surface area contributed by atoms with Crippen LogP contribution in [0.2, 0.25) is 0 Å². The number of quaternary nitrogens is 1. The first-order valence-corrected chi connectivity index (χ1v) is 8.58. The zero-order chi connectivity index (χ0) is 14.9. The quantitative estimate of drug-likeness (QED) is 0.675. The number of furan rings is 1. The van der Waals surface area contributed by atoms with E-state index in [2.05, 4.69) is 0 Å². The van der Waals surface area contributed by atoms with Crippen LogP contribution in [-0.4, -0.2) is 59.3 Å². The number of ether oxygens (including phenoxy) is 1. The lowest BCUT2D eigenvalue weighted by Gasteiger charge is -2.37. The molecule has 1 N–H and O–H groups in total. The van der Waals surface area contributed by atoms with E-state index in [0.29, 0.717) is 0 Å². The Hall–Kier alpha value is -0.980. The summed E-state index contributed by atoms with van der Waals surface area (Å²) in [6.07, 6.45) is 2.23. The minimum atomic E-state index is -1.71. The largest absolute Gasteiger partial charge is 0.466 e. The fourth-order valence-electron chi connectivity index (χ4n) is 3.19. The Balaban J connectivity index is 1.61. The molecule has 0 radical (unpaired) electrons. The minimum absolute atomic E-state index is 0.0953. The van der Waals surface area contributed by atoms with Crippen LogP contribution in [0.25, 0.3) is 0 Å². The van der Waals surface area contributed by atoms with E-state index in [1.54, 1.807) is 12.1 Å². The standard InChI is InChI=1S/C15H22NO4S/c1-15(18,13-3-2-8-19-13)14(17)20-12-4-5-16(11-12)6-9-21-10-7-16/h2-3,8,12,18H,4-7,9-11H2,1H3/q+1. The fraction of sp³-hybridized carbons (Fsp3) is 0.667. The Morgan fingerprint density at radius 1 is 1.48 bits per heavy atom. The van der Waals surface area contributed by atoms with Gasteiger partial charge in [0.2, 0.25) is 5.60 Å². The first-order valence-electron chi connectivity index (χ1n) is 7.42. The molecular weight excluding hydrogens is 290 g/mol. The smallest absolute Gasteiger partial charge is 0.346 e. The molecule has 2 fully saturated rings. The second-order valence-corrected chi connectivity index (χ2v) is 7.40. The van der Waals surface area contributed by atoms with Crippen molar-refractivity contribution in [3.05, 3.63) is 24.2 Å². The first kappa shape index (κ1) is 14.9. The lowest BCUT2D eigenvalue weighted by molar-refractivity contribution is -0.914. The van der Waals surface area contributed by atoms with Crippen LogP contribution >= 0.6 is 11.8 Å². The van der Waals surface area contributed by atoms with Gasteiger partial charge in [0.25, 0.3) is 0 Å². The molecule has 0 amide bonds. The third-order valence-electron chi connectivity index (χ3n) is 4.61. The van der Waals surface area contributed by atoms with Gasteiger partial charge in [0, 0.05) is 17.9 Å². The summed E-state index contributed by atoms with van der Waals surface area (Å²) in [6.45, 7) is 5.69. The van der Waals surface area contributed by atoms with Crippen molar-refractivity contribution < 1.29 is 23.5 Å². The predicted octanol–water partition coefficient (Wildman–Crippen LogP) is 1.37. The van der Waals surface area contributed by atoms with Crippen LogP contribution in [0, 0.1) is 0 Å². The average molecular weight is 312 g/mol. The molecule has 116 valence electrons. The maximum Gasteiger partial charge on any atom is 0.346 e. The molecule has 2 unspecified atom stereocenters. The van der Waals surface area contributed by atoms with Gasteiger partial charge in [-0.2, -0.15) is 11.8 Å². The zero-order valence-corrected chi connectivity index (χ0v) is 13.1. The van der Waals surface area contributed by atoms with E-state index in [-0.39, 0.29) is 11.9 Å². The van der Waals surface area contributed by atoms with E-state index in [1.165, 1.54) is 24.7 Å². The summed E-state index contributed by atoms with van der Waals surface area (Å²) in [5.74, 6) is 1.98. The predicted molar refractivity (Wildman–Crippen MR) is 79.8 cm³/mol. The molecule has 21 heavy (non-hydrogen) atoms.